The summed E-state index contributed by atoms with van der Waals surface area (Å²) in [7, 11) is 0. The van der Waals surface area contributed by atoms with Gasteiger partial charge in [-0.3, -0.25) is 0 Å². The molecule has 2 N–H and O–H groups in total. The number of aromatic nitrogens is 2. The molecule has 0 radical (unpaired) electrons. The summed E-state index contributed by atoms with van der Waals surface area (Å²) in [5, 5.41) is 0.272. The maximum absolute atomic E-state index is 5.82. The molecule has 0 saturated carbocycles. The Labute approximate surface area is 77.0 Å². The molecule has 12 heavy (non-hydrogen) atoms. The second kappa shape index (κ2) is 3.37. The van der Waals surface area contributed by atoms with Gasteiger partial charge in [0.15, 0.2) is 0 Å². The first-order valence-corrected chi connectivity index (χ1v) is 4.10. The second-order valence-electron chi connectivity index (χ2n) is 3.53. The number of hydrogen-bond donors (Lipinski definition) is 1. The Morgan fingerprint density at radius 2 is 1.92 bits per heavy atom. The van der Waals surface area contributed by atoms with E-state index in [2.05, 4.69) is 9.97 Å². The molecule has 0 aliphatic rings. The van der Waals surface area contributed by atoms with E-state index in [4.69, 9.17) is 17.3 Å². The fraction of sp³-hybridized carbons (Fsp3) is 0.500. The van der Waals surface area contributed by atoms with Gasteiger partial charge in [-0.05, 0) is 37.4 Å². The van der Waals surface area contributed by atoms with E-state index >= 15 is 0 Å². The predicted molar refractivity (Wildman–Crippen MR) is 49.0 cm³/mol. The third kappa shape index (κ3) is 3.15. The highest BCUT2D eigenvalue weighted by atomic mass is 35.5. The lowest BCUT2D eigenvalue weighted by molar-refractivity contribution is 0.515. The Morgan fingerprint density at radius 1 is 1.42 bits per heavy atom. The maximum atomic E-state index is 5.82. The van der Waals surface area contributed by atoms with Gasteiger partial charge in [-0.2, -0.15) is 0 Å². The molecule has 0 unspecified atom stereocenters. The predicted octanol–water partition coefficient (Wildman–Crippen LogP) is 1.41. The molecular formula is C8H12ClN3. The molecule has 4 heteroatoms. The van der Waals surface area contributed by atoms with Crippen LogP contribution in [-0.2, 0) is 6.42 Å². The van der Waals surface area contributed by atoms with E-state index in [0.717, 1.165) is 12.0 Å². The van der Waals surface area contributed by atoms with Crippen molar-refractivity contribution in [2.75, 3.05) is 0 Å². The summed E-state index contributed by atoms with van der Waals surface area (Å²) < 4.78 is 0. The number of nitrogens with two attached hydrogens (primary N) is 1. The summed E-state index contributed by atoms with van der Waals surface area (Å²) in [6, 6.07) is 0. The first-order chi connectivity index (χ1) is 5.47. The molecule has 0 amide bonds. The number of nitrogens with zero attached hydrogens (tertiary/aromatic N) is 2. The zero-order chi connectivity index (χ0) is 9.19. The normalized spacial score (nSPS) is 11.7. The lowest BCUT2D eigenvalue weighted by atomic mass is 9.98. The molecule has 1 heterocycles. The molecule has 0 aliphatic carbocycles. The van der Waals surface area contributed by atoms with Gasteiger partial charge in [0.05, 0.1) is 0 Å². The van der Waals surface area contributed by atoms with Gasteiger partial charge in [0, 0.05) is 17.9 Å². The van der Waals surface area contributed by atoms with E-state index in [1.165, 1.54) is 0 Å². The van der Waals surface area contributed by atoms with Crippen LogP contribution in [0.3, 0.4) is 0 Å². The van der Waals surface area contributed by atoms with Crippen LogP contribution in [0, 0.1) is 0 Å². The zero-order valence-corrected chi connectivity index (χ0v) is 7.97. The maximum Gasteiger partial charge on any atom is 0.222 e. The summed E-state index contributed by atoms with van der Waals surface area (Å²) in [5.41, 5.74) is 6.60. The van der Waals surface area contributed by atoms with Crippen LogP contribution < -0.4 is 5.73 Å². The first-order valence-electron chi connectivity index (χ1n) is 3.73. The first kappa shape index (κ1) is 9.42. The largest absolute Gasteiger partial charge is 0.325 e. The van der Waals surface area contributed by atoms with E-state index < -0.39 is 0 Å². The fourth-order valence-corrected chi connectivity index (χ4v) is 1.05. The standard InChI is InChI=1S/C8H12ClN3/c1-8(2,10)3-6-4-11-7(9)12-5-6/h4-5H,3,10H2,1-2H3. The number of hydrogen-bond acceptors (Lipinski definition) is 3. The molecular weight excluding hydrogens is 174 g/mol. The molecule has 0 aromatic carbocycles. The molecule has 1 aromatic rings. The van der Waals surface area contributed by atoms with Crippen LogP contribution in [0.15, 0.2) is 12.4 Å². The van der Waals surface area contributed by atoms with Crippen LogP contribution in [0.4, 0.5) is 0 Å². The monoisotopic (exact) mass is 185 g/mol. The molecule has 66 valence electrons. The molecule has 0 saturated heterocycles. The van der Waals surface area contributed by atoms with Gasteiger partial charge in [-0.15, -0.1) is 0 Å². The van der Waals surface area contributed by atoms with Gasteiger partial charge >= 0.3 is 0 Å². The van der Waals surface area contributed by atoms with E-state index in [1.807, 2.05) is 13.8 Å². The van der Waals surface area contributed by atoms with Crippen molar-refractivity contribution in [3.8, 4) is 0 Å². The van der Waals surface area contributed by atoms with Crippen LogP contribution in [0.1, 0.15) is 19.4 Å². The number of rotatable bonds is 2. The third-order valence-electron chi connectivity index (χ3n) is 1.33. The minimum absolute atomic E-state index is 0.225. The molecule has 3 nitrogen and oxygen atoms in total. The quantitative estimate of drug-likeness (QED) is 0.709. The number of halogens is 1. The van der Waals surface area contributed by atoms with E-state index in [9.17, 15) is 0 Å². The van der Waals surface area contributed by atoms with Crippen molar-refractivity contribution in [1.82, 2.24) is 9.97 Å². The Balaban J connectivity index is 2.71. The summed E-state index contributed by atoms with van der Waals surface area (Å²) in [4.78, 5) is 7.72. The average molecular weight is 186 g/mol. The van der Waals surface area contributed by atoms with Gasteiger partial charge < -0.3 is 5.73 Å². The molecule has 1 rings (SSSR count). The van der Waals surface area contributed by atoms with Crippen molar-refractivity contribution in [2.24, 2.45) is 5.73 Å². The van der Waals surface area contributed by atoms with Crippen LogP contribution in [0.5, 0.6) is 0 Å². The van der Waals surface area contributed by atoms with Gasteiger partial charge in [-0.25, -0.2) is 9.97 Å². The molecule has 1 aromatic heterocycles. The Hall–Kier alpha value is -0.670. The van der Waals surface area contributed by atoms with Crippen molar-refractivity contribution >= 4 is 11.6 Å². The topological polar surface area (TPSA) is 51.8 Å². The fourth-order valence-electron chi connectivity index (χ4n) is 0.956. The van der Waals surface area contributed by atoms with Crippen molar-refractivity contribution in [3.63, 3.8) is 0 Å². The van der Waals surface area contributed by atoms with Gasteiger partial charge in [0.25, 0.3) is 0 Å². The van der Waals surface area contributed by atoms with Gasteiger partial charge in [-0.1, -0.05) is 0 Å². The lowest BCUT2D eigenvalue weighted by Gasteiger charge is -2.17. The second-order valence-corrected chi connectivity index (χ2v) is 3.86. The van der Waals surface area contributed by atoms with Crippen molar-refractivity contribution < 1.29 is 0 Å². The Kier molecular flexibility index (Phi) is 2.65. The third-order valence-corrected chi connectivity index (χ3v) is 1.53. The zero-order valence-electron chi connectivity index (χ0n) is 7.21. The minimum Gasteiger partial charge on any atom is -0.325 e. The van der Waals surface area contributed by atoms with Gasteiger partial charge in [0.2, 0.25) is 5.28 Å². The van der Waals surface area contributed by atoms with Crippen molar-refractivity contribution in [2.45, 2.75) is 25.8 Å². The van der Waals surface area contributed by atoms with Crippen LogP contribution in [0.25, 0.3) is 0 Å². The molecule has 0 bridgehead atoms. The molecule has 0 spiro atoms. The smallest absolute Gasteiger partial charge is 0.222 e. The SMILES string of the molecule is CC(C)(N)Cc1cnc(Cl)nc1. The highest BCUT2D eigenvalue weighted by Gasteiger charge is 2.11. The Morgan fingerprint density at radius 3 is 2.33 bits per heavy atom. The summed E-state index contributed by atoms with van der Waals surface area (Å²) in [5.74, 6) is 0. The van der Waals surface area contributed by atoms with Crippen LogP contribution in [0.2, 0.25) is 5.28 Å². The minimum atomic E-state index is -0.225. The molecule has 0 aliphatic heterocycles. The van der Waals surface area contributed by atoms with Crippen LogP contribution in [-0.4, -0.2) is 15.5 Å². The highest BCUT2D eigenvalue weighted by molar-refractivity contribution is 6.28. The lowest BCUT2D eigenvalue weighted by Crippen LogP contribution is -2.34. The van der Waals surface area contributed by atoms with E-state index in [1.54, 1.807) is 12.4 Å². The van der Waals surface area contributed by atoms with E-state index in [-0.39, 0.29) is 10.8 Å². The highest BCUT2D eigenvalue weighted by Crippen LogP contribution is 2.08. The van der Waals surface area contributed by atoms with Gasteiger partial charge in [0.1, 0.15) is 0 Å². The summed E-state index contributed by atoms with van der Waals surface area (Å²) in [6.45, 7) is 3.92. The summed E-state index contributed by atoms with van der Waals surface area (Å²) >= 11 is 5.53. The van der Waals surface area contributed by atoms with Crippen molar-refractivity contribution in [3.05, 3.63) is 23.2 Å². The van der Waals surface area contributed by atoms with Crippen LogP contribution >= 0.6 is 11.6 Å². The average Bonchev–Trinajstić information content (AvgIpc) is 1.91. The van der Waals surface area contributed by atoms with E-state index in [0.29, 0.717) is 0 Å². The van der Waals surface area contributed by atoms with Crippen molar-refractivity contribution in [1.29, 1.82) is 0 Å². The Bertz CT molecular complexity index is 250. The summed E-state index contributed by atoms with van der Waals surface area (Å²) in [6.07, 6.45) is 4.15. The molecule has 0 atom stereocenters. The molecule has 0 fully saturated rings.